The quantitative estimate of drug-likeness (QED) is 0.825. The SMILES string of the molecule is CCCc1nc(C(CC)(CC)OCC)nc(N)c1Br. The van der Waals surface area contributed by atoms with Crippen LogP contribution in [-0.4, -0.2) is 16.6 Å². The van der Waals surface area contributed by atoms with Crippen LogP contribution in [0.4, 0.5) is 5.82 Å². The summed E-state index contributed by atoms with van der Waals surface area (Å²) < 4.78 is 6.76. The highest BCUT2D eigenvalue weighted by Crippen LogP contribution is 2.33. The van der Waals surface area contributed by atoms with E-state index in [9.17, 15) is 0 Å². The molecule has 1 aromatic heterocycles. The average molecular weight is 330 g/mol. The van der Waals surface area contributed by atoms with Crippen molar-refractivity contribution in [2.45, 2.75) is 59.0 Å². The number of anilines is 1. The molecule has 108 valence electrons. The van der Waals surface area contributed by atoms with Crippen LogP contribution in [0.2, 0.25) is 0 Å². The minimum atomic E-state index is -0.425. The molecule has 1 aromatic rings. The molecule has 0 atom stereocenters. The lowest BCUT2D eigenvalue weighted by Gasteiger charge is -2.30. The Labute approximate surface area is 124 Å². The van der Waals surface area contributed by atoms with Crippen molar-refractivity contribution in [1.29, 1.82) is 0 Å². The molecule has 0 aliphatic carbocycles. The zero-order chi connectivity index (χ0) is 14.5. The first-order valence-corrected chi connectivity index (χ1v) is 7.80. The van der Waals surface area contributed by atoms with Crippen molar-refractivity contribution >= 4 is 21.7 Å². The summed E-state index contributed by atoms with van der Waals surface area (Å²) in [5, 5.41) is 0. The average Bonchev–Trinajstić information content (AvgIpc) is 2.41. The molecule has 0 saturated heterocycles. The molecule has 0 amide bonds. The Morgan fingerprint density at radius 1 is 1.16 bits per heavy atom. The van der Waals surface area contributed by atoms with E-state index in [1.807, 2.05) is 6.92 Å². The summed E-state index contributed by atoms with van der Waals surface area (Å²) in [6.07, 6.45) is 3.58. The van der Waals surface area contributed by atoms with E-state index >= 15 is 0 Å². The maximum atomic E-state index is 6.00. The van der Waals surface area contributed by atoms with Gasteiger partial charge < -0.3 is 10.5 Å². The molecular weight excluding hydrogens is 306 g/mol. The summed E-state index contributed by atoms with van der Waals surface area (Å²) in [6.45, 7) is 8.96. The van der Waals surface area contributed by atoms with Crippen molar-refractivity contribution in [3.8, 4) is 0 Å². The lowest BCUT2D eigenvalue weighted by molar-refractivity contribution is -0.0572. The number of nitrogen functional groups attached to an aromatic ring is 1. The Hall–Kier alpha value is -0.680. The van der Waals surface area contributed by atoms with Gasteiger partial charge in [0.05, 0.1) is 10.2 Å². The number of aromatic nitrogens is 2. The van der Waals surface area contributed by atoms with E-state index in [0.717, 1.165) is 35.8 Å². The maximum Gasteiger partial charge on any atom is 0.162 e. The maximum absolute atomic E-state index is 6.00. The van der Waals surface area contributed by atoms with Crippen LogP contribution in [0.1, 0.15) is 58.5 Å². The van der Waals surface area contributed by atoms with Gasteiger partial charge in [0, 0.05) is 6.61 Å². The van der Waals surface area contributed by atoms with Crippen LogP contribution in [0.15, 0.2) is 4.47 Å². The highest BCUT2D eigenvalue weighted by Gasteiger charge is 2.33. The summed E-state index contributed by atoms with van der Waals surface area (Å²) in [6, 6.07) is 0. The predicted molar refractivity (Wildman–Crippen MR) is 82.0 cm³/mol. The van der Waals surface area contributed by atoms with Crippen LogP contribution in [0.25, 0.3) is 0 Å². The van der Waals surface area contributed by atoms with E-state index in [1.165, 1.54) is 0 Å². The highest BCUT2D eigenvalue weighted by atomic mass is 79.9. The van der Waals surface area contributed by atoms with Crippen LogP contribution in [0, 0.1) is 0 Å². The van der Waals surface area contributed by atoms with Crippen LogP contribution >= 0.6 is 15.9 Å². The van der Waals surface area contributed by atoms with Gasteiger partial charge in [-0.1, -0.05) is 27.2 Å². The molecule has 5 heteroatoms. The van der Waals surface area contributed by atoms with Crippen molar-refractivity contribution in [2.24, 2.45) is 0 Å². The molecule has 4 nitrogen and oxygen atoms in total. The molecule has 0 fully saturated rings. The highest BCUT2D eigenvalue weighted by molar-refractivity contribution is 9.10. The number of aryl methyl sites for hydroxylation is 1. The summed E-state index contributed by atoms with van der Waals surface area (Å²) >= 11 is 3.47. The van der Waals surface area contributed by atoms with E-state index in [1.54, 1.807) is 0 Å². The second-order valence-corrected chi connectivity index (χ2v) is 5.37. The molecular formula is C14H24BrN3O. The largest absolute Gasteiger partial charge is 0.383 e. The Kier molecular flexibility index (Phi) is 6.20. The molecule has 0 spiro atoms. The van der Waals surface area contributed by atoms with E-state index < -0.39 is 5.60 Å². The smallest absolute Gasteiger partial charge is 0.162 e. The lowest BCUT2D eigenvalue weighted by Crippen LogP contribution is -2.31. The van der Waals surface area contributed by atoms with Crippen molar-refractivity contribution in [2.75, 3.05) is 12.3 Å². The number of ether oxygens (including phenoxy) is 1. The fraction of sp³-hybridized carbons (Fsp3) is 0.714. The molecule has 0 radical (unpaired) electrons. The van der Waals surface area contributed by atoms with Crippen LogP contribution < -0.4 is 5.73 Å². The van der Waals surface area contributed by atoms with Gasteiger partial charge in [0.25, 0.3) is 0 Å². The molecule has 0 aromatic carbocycles. The topological polar surface area (TPSA) is 61.0 Å². The first-order chi connectivity index (χ1) is 9.04. The normalized spacial score (nSPS) is 11.8. The molecule has 0 saturated carbocycles. The third-order valence-corrected chi connectivity index (χ3v) is 4.27. The number of hydrogen-bond acceptors (Lipinski definition) is 4. The van der Waals surface area contributed by atoms with E-state index in [0.29, 0.717) is 18.2 Å². The number of hydrogen-bond donors (Lipinski definition) is 1. The van der Waals surface area contributed by atoms with Crippen LogP contribution in [0.5, 0.6) is 0 Å². The van der Waals surface area contributed by atoms with Gasteiger partial charge in [-0.05, 0) is 42.1 Å². The number of nitrogens with two attached hydrogens (primary N) is 1. The summed E-state index contributed by atoms with van der Waals surface area (Å²) in [5.41, 5.74) is 6.54. The van der Waals surface area contributed by atoms with Gasteiger partial charge in [-0.15, -0.1) is 0 Å². The summed E-state index contributed by atoms with van der Waals surface area (Å²) in [7, 11) is 0. The monoisotopic (exact) mass is 329 g/mol. The zero-order valence-electron chi connectivity index (χ0n) is 12.3. The van der Waals surface area contributed by atoms with Gasteiger partial charge in [0.1, 0.15) is 11.4 Å². The fourth-order valence-electron chi connectivity index (χ4n) is 2.23. The third kappa shape index (κ3) is 3.45. The Balaban J connectivity index is 3.31. The summed E-state index contributed by atoms with van der Waals surface area (Å²) in [4.78, 5) is 9.14. The van der Waals surface area contributed by atoms with Gasteiger partial charge in [-0.3, -0.25) is 0 Å². The van der Waals surface area contributed by atoms with Crippen LogP contribution in [-0.2, 0) is 16.8 Å². The van der Waals surface area contributed by atoms with Gasteiger partial charge >= 0.3 is 0 Å². The fourth-order valence-corrected chi connectivity index (χ4v) is 2.61. The molecule has 2 N–H and O–H groups in total. The van der Waals surface area contributed by atoms with Gasteiger partial charge in [0.2, 0.25) is 0 Å². The molecule has 1 heterocycles. The zero-order valence-corrected chi connectivity index (χ0v) is 13.9. The Morgan fingerprint density at radius 3 is 2.26 bits per heavy atom. The van der Waals surface area contributed by atoms with Crippen molar-refractivity contribution in [3.05, 3.63) is 16.0 Å². The minimum Gasteiger partial charge on any atom is -0.383 e. The predicted octanol–water partition coefficient (Wildman–Crippen LogP) is 3.83. The lowest BCUT2D eigenvalue weighted by atomic mass is 9.95. The van der Waals surface area contributed by atoms with Crippen molar-refractivity contribution in [1.82, 2.24) is 9.97 Å². The van der Waals surface area contributed by atoms with Crippen molar-refractivity contribution < 1.29 is 4.74 Å². The first kappa shape index (κ1) is 16.4. The molecule has 19 heavy (non-hydrogen) atoms. The molecule has 0 aliphatic heterocycles. The van der Waals surface area contributed by atoms with Gasteiger partial charge in [-0.2, -0.15) is 0 Å². The standard InChI is InChI=1S/C14H24BrN3O/c1-5-9-10-11(15)12(16)18-13(17-10)14(6-2,7-3)19-8-4/h5-9H2,1-4H3,(H2,16,17,18). The van der Waals surface area contributed by atoms with Crippen LogP contribution in [0.3, 0.4) is 0 Å². The van der Waals surface area contributed by atoms with Crippen molar-refractivity contribution in [3.63, 3.8) is 0 Å². The van der Waals surface area contributed by atoms with Gasteiger partial charge in [-0.25, -0.2) is 9.97 Å². The molecule has 0 aliphatic rings. The van der Waals surface area contributed by atoms with Gasteiger partial charge in [0.15, 0.2) is 5.82 Å². The second-order valence-electron chi connectivity index (χ2n) is 4.58. The Bertz CT molecular complexity index is 419. The molecule has 1 rings (SSSR count). The van der Waals surface area contributed by atoms with E-state index in [2.05, 4.69) is 41.7 Å². The van der Waals surface area contributed by atoms with E-state index in [4.69, 9.17) is 15.5 Å². The summed E-state index contributed by atoms with van der Waals surface area (Å²) in [5.74, 6) is 1.21. The molecule has 0 bridgehead atoms. The number of halogens is 1. The minimum absolute atomic E-state index is 0.425. The second kappa shape index (κ2) is 7.20. The first-order valence-electron chi connectivity index (χ1n) is 7.00. The molecule has 0 unspecified atom stereocenters. The Morgan fingerprint density at radius 2 is 1.79 bits per heavy atom. The third-order valence-electron chi connectivity index (χ3n) is 3.40. The van der Waals surface area contributed by atoms with E-state index in [-0.39, 0.29) is 0 Å². The number of nitrogens with zero attached hydrogens (tertiary/aromatic N) is 2. The number of rotatable bonds is 7.